The Morgan fingerprint density at radius 1 is 1.47 bits per heavy atom. The molecular weight excluding hydrogens is 314 g/mol. The van der Waals surface area contributed by atoms with Gasteiger partial charge in [-0.25, -0.2) is 4.98 Å². The fourth-order valence-electron chi connectivity index (χ4n) is 2.02. The number of carboxylic acids is 1. The molecule has 0 radical (unpaired) electrons. The molecule has 7 heteroatoms. The van der Waals surface area contributed by atoms with Crippen LogP contribution in [-0.2, 0) is 11.3 Å². The molecule has 6 nitrogen and oxygen atoms in total. The van der Waals surface area contributed by atoms with Crippen LogP contribution in [0.5, 0.6) is 0 Å². The van der Waals surface area contributed by atoms with Crippen LogP contribution in [-0.4, -0.2) is 25.6 Å². The number of carbonyl (C=O) groups is 1. The predicted molar refractivity (Wildman–Crippen MR) is 73.2 cm³/mol. The van der Waals surface area contributed by atoms with Crippen molar-refractivity contribution in [3.05, 3.63) is 39.4 Å². The van der Waals surface area contributed by atoms with Crippen LogP contribution in [0.25, 0.3) is 21.9 Å². The molecule has 0 saturated heterocycles. The first-order valence-corrected chi connectivity index (χ1v) is 6.24. The Morgan fingerprint density at radius 2 is 2.26 bits per heavy atom. The minimum absolute atomic E-state index is 0.317. The Kier molecular flexibility index (Phi) is 2.63. The minimum atomic E-state index is -1.08. The van der Waals surface area contributed by atoms with Crippen LogP contribution in [0.3, 0.4) is 0 Å². The molecule has 0 saturated carbocycles. The van der Waals surface area contributed by atoms with E-state index in [1.54, 1.807) is 0 Å². The lowest BCUT2D eigenvalue weighted by molar-refractivity contribution is -0.137. The summed E-state index contributed by atoms with van der Waals surface area (Å²) in [4.78, 5) is 30.0. The molecule has 2 aromatic heterocycles. The largest absolute Gasteiger partial charge is 0.480 e. The Bertz CT molecular complexity index is 866. The number of H-pyrrole nitrogens is 1. The van der Waals surface area contributed by atoms with E-state index in [1.165, 1.54) is 6.33 Å². The Labute approximate surface area is 114 Å². The Morgan fingerprint density at radius 3 is 3.00 bits per heavy atom. The summed E-state index contributed by atoms with van der Waals surface area (Å²) in [5.41, 5.74) is 1.26. The van der Waals surface area contributed by atoms with Gasteiger partial charge in [0.15, 0.2) is 0 Å². The highest BCUT2D eigenvalue weighted by Crippen LogP contribution is 2.24. The third-order valence-electron chi connectivity index (χ3n) is 2.84. The fraction of sp³-hybridized carbons (Fsp3) is 0.0833. The molecule has 0 unspecified atom stereocenters. The molecule has 3 aromatic rings. The van der Waals surface area contributed by atoms with Crippen LogP contribution >= 0.6 is 15.9 Å². The van der Waals surface area contributed by atoms with Crippen molar-refractivity contribution in [3.63, 3.8) is 0 Å². The van der Waals surface area contributed by atoms with Gasteiger partial charge in [0.05, 0.1) is 6.33 Å². The topological polar surface area (TPSA) is 88.0 Å². The van der Waals surface area contributed by atoms with Crippen LogP contribution in [0.15, 0.2) is 33.8 Å². The summed E-state index contributed by atoms with van der Waals surface area (Å²) in [7, 11) is 0. The molecule has 0 amide bonds. The molecule has 0 aliphatic rings. The highest BCUT2D eigenvalue weighted by molar-refractivity contribution is 9.10. The number of aromatic nitrogens is 3. The fourth-order valence-corrected chi connectivity index (χ4v) is 2.38. The normalized spacial score (nSPS) is 11.2. The molecule has 3 rings (SSSR count). The lowest BCUT2D eigenvalue weighted by atomic mass is 10.2. The van der Waals surface area contributed by atoms with E-state index in [4.69, 9.17) is 5.11 Å². The zero-order valence-electron chi connectivity index (χ0n) is 9.55. The zero-order valence-corrected chi connectivity index (χ0v) is 11.1. The van der Waals surface area contributed by atoms with Gasteiger partial charge in [-0.3, -0.25) is 14.2 Å². The first-order valence-electron chi connectivity index (χ1n) is 5.44. The molecule has 2 N–H and O–H groups in total. The van der Waals surface area contributed by atoms with Gasteiger partial charge in [0, 0.05) is 15.4 Å². The zero-order chi connectivity index (χ0) is 13.6. The maximum Gasteiger partial charge on any atom is 0.323 e. The number of rotatable bonds is 2. The summed E-state index contributed by atoms with van der Waals surface area (Å²) in [6.07, 6.45) is 1.26. The van der Waals surface area contributed by atoms with Gasteiger partial charge < -0.3 is 10.1 Å². The number of aromatic amines is 1. The Balaban J connectivity index is 2.35. The van der Waals surface area contributed by atoms with E-state index in [-0.39, 0.29) is 5.56 Å². The van der Waals surface area contributed by atoms with Crippen molar-refractivity contribution in [1.29, 1.82) is 0 Å². The van der Waals surface area contributed by atoms with Crippen molar-refractivity contribution < 1.29 is 9.90 Å². The number of halogens is 1. The number of aliphatic carboxylic acids is 1. The summed E-state index contributed by atoms with van der Waals surface area (Å²) >= 11 is 3.37. The molecule has 96 valence electrons. The SMILES string of the molecule is O=C(O)Cn1cnc2c([nH]c3ccc(Br)cc32)c1=O. The molecular formula is C12H8BrN3O3. The Hall–Kier alpha value is -2.15. The maximum atomic E-state index is 12.1. The van der Waals surface area contributed by atoms with E-state index in [0.29, 0.717) is 11.0 Å². The average Bonchev–Trinajstić information content (AvgIpc) is 2.71. The summed E-state index contributed by atoms with van der Waals surface area (Å²) in [6.45, 7) is -0.402. The monoisotopic (exact) mass is 321 g/mol. The molecule has 2 heterocycles. The number of fused-ring (bicyclic) bond motifs is 3. The number of benzene rings is 1. The van der Waals surface area contributed by atoms with Crippen molar-refractivity contribution in [2.24, 2.45) is 0 Å². The van der Waals surface area contributed by atoms with Gasteiger partial charge in [-0.15, -0.1) is 0 Å². The van der Waals surface area contributed by atoms with Gasteiger partial charge in [0.2, 0.25) is 0 Å². The molecule has 19 heavy (non-hydrogen) atoms. The maximum absolute atomic E-state index is 12.1. The summed E-state index contributed by atoms with van der Waals surface area (Å²) in [5, 5.41) is 9.56. The summed E-state index contributed by atoms with van der Waals surface area (Å²) < 4.78 is 1.95. The van der Waals surface area contributed by atoms with Gasteiger partial charge >= 0.3 is 5.97 Å². The number of carboxylic acid groups (broad SMARTS) is 1. The van der Waals surface area contributed by atoms with Crippen molar-refractivity contribution in [1.82, 2.24) is 14.5 Å². The molecule has 0 aliphatic heterocycles. The quantitative estimate of drug-likeness (QED) is 0.752. The van der Waals surface area contributed by atoms with Crippen LogP contribution in [0.4, 0.5) is 0 Å². The van der Waals surface area contributed by atoms with Crippen molar-refractivity contribution in [2.75, 3.05) is 0 Å². The molecule has 1 aromatic carbocycles. The number of nitrogens with one attached hydrogen (secondary N) is 1. The third kappa shape index (κ3) is 1.91. The van der Waals surface area contributed by atoms with E-state index in [2.05, 4.69) is 25.9 Å². The smallest absolute Gasteiger partial charge is 0.323 e. The van der Waals surface area contributed by atoms with Crippen molar-refractivity contribution >= 4 is 43.8 Å². The van der Waals surface area contributed by atoms with E-state index in [0.717, 1.165) is 19.9 Å². The molecule has 0 bridgehead atoms. The van der Waals surface area contributed by atoms with Crippen LogP contribution < -0.4 is 5.56 Å². The first-order chi connectivity index (χ1) is 9.06. The van der Waals surface area contributed by atoms with Gasteiger partial charge in [0.1, 0.15) is 17.6 Å². The van der Waals surface area contributed by atoms with E-state index in [9.17, 15) is 9.59 Å². The second-order valence-electron chi connectivity index (χ2n) is 4.11. The highest BCUT2D eigenvalue weighted by atomic mass is 79.9. The van der Waals surface area contributed by atoms with Crippen LogP contribution in [0.1, 0.15) is 0 Å². The van der Waals surface area contributed by atoms with Gasteiger partial charge in [-0.05, 0) is 18.2 Å². The number of hydrogen-bond acceptors (Lipinski definition) is 3. The summed E-state index contributed by atoms with van der Waals surface area (Å²) in [5.74, 6) is -1.08. The van der Waals surface area contributed by atoms with E-state index >= 15 is 0 Å². The van der Waals surface area contributed by atoms with Crippen LogP contribution in [0, 0.1) is 0 Å². The van der Waals surface area contributed by atoms with Gasteiger partial charge in [-0.1, -0.05) is 15.9 Å². The second kappa shape index (κ2) is 4.20. The molecule has 0 fully saturated rings. The van der Waals surface area contributed by atoms with Crippen molar-refractivity contribution in [3.8, 4) is 0 Å². The second-order valence-corrected chi connectivity index (χ2v) is 5.03. The standard InChI is InChI=1S/C12H8BrN3O3/c13-6-1-2-8-7(3-6)10-11(15-8)12(19)16(5-14-10)4-9(17)18/h1-3,5,15H,4H2,(H,17,18). The van der Waals surface area contributed by atoms with E-state index in [1.807, 2.05) is 18.2 Å². The van der Waals surface area contributed by atoms with E-state index < -0.39 is 12.5 Å². The average molecular weight is 322 g/mol. The molecule has 0 spiro atoms. The number of nitrogens with zero attached hydrogens (tertiary/aromatic N) is 2. The van der Waals surface area contributed by atoms with Gasteiger partial charge in [0.25, 0.3) is 5.56 Å². The van der Waals surface area contributed by atoms with Crippen LogP contribution in [0.2, 0.25) is 0 Å². The van der Waals surface area contributed by atoms with Crippen molar-refractivity contribution in [2.45, 2.75) is 6.54 Å². The molecule has 0 aliphatic carbocycles. The lowest BCUT2D eigenvalue weighted by Crippen LogP contribution is -2.24. The molecule has 0 atom stereocenters. The highest BCUT2D eigenvalue weighted by Gasteiger charge is 2.12. The summed E-state index contributed by atoms with van der Waals surface area (Å²) in [6, 6.07) is 5.55. The lowest BCUT2D eigenvalue weighted by Gasteiger charge is -2.00. The van der Waals surface area contributed by atoms with Gasteiger partial charge in [-0.2, -0.15) is 0 Å². The minimum Gasteiger partial charge on any atom is -0.480 e. The third-order valence-corrected chi connectivity index (χ3v) is 3.33. The first kappa shape index (κ1) is 11.9. The number of hydrogen-bond donors (Lipinski definition) is 2. The predicted octanol–water partition coefficient (Wildman–Crippen LogP) is 1.72.